The molecule has 0 N–H and O–H groups in total. The summed E-state index contributed by atoms with van der Waals surface area (Å²) in [4.78, 5) is 10.0. The number of hydrogen-bond acceptors (Lipinski definition) is 5. The van der Waals surface area contributed by atoms with E-state index in [1.165, 1.54) is 6.20 Å². The highest BCUT2D eigenvalue weighted by atomic mass is 35.5. The van der Waals surface area contributed by atoms with E-state index in [2.05, 4.69) is 19.7 Å². The first-order valence-corrected chi connectivity index (χ1v) is 2.75. The zero-order chi connectivity index (χ0) is 7.40. The van der Waals surface area contributed by atoms with E-state index in [-0.39, 0.29) is 6.61 Å². The van der Waals surface area contributed by atoms with Crippen LogP contribution in [0.4, 0.5) is 4.79 Å². The van der Waals surface area contributed by atoms with Crippen LogP contribution in [0.25, 0.3) is 0 Å². The molecule has 0 bridgehead atoms. The van der Waals surface area contributed by atoms with Crippen molar-refractivity contribution in [1.29, 1.82) is 0 Å². The largest absolute Gasteiger partial charge is 0.447 e. The molecule has 1 aromatic heterocycles. The second-order valence-corrected chi connectivity index (χ2v) is 1.73. The van der Waals surface area contributed by atoms with Crippen molar-refractivity contribution in [2.75, 3.05) is 0 Å². The maximum Gasteiger partial charge on any atom is 0.404 e. The Bertz CT molecular complexity index is 210. The molecule has 1 aromatic rings. The van der Waals surface area contributed by atoms with Gasteiger partial charge in [0.2, 0.25) is 0 Å². The summed E-state index contributed by atoms with van der Waals surface area (Å²) in [6.07, 6.45) is 1.33. The molecule has 0 aliphatic rings. The predicted octanol–water partition coefficient (Wildman–Crippen LogP) is 0.945. The lowest BCUT2D eigenvalue weighted by Crippen LogP contribution is -1.94. The Morgan fingerprint density at radius 3 is 3.20 bits per heavy atom. The molecule has 0 radical (unpaired) electrons. The molecule has 0 saturated heterocycles. The van der Waals surface area contributed by atoms with Gasteiger partial charge in [0.15, 0.2) is 0 Å². The summed E-state index contributed by atoms with van der Waals surface area (Å²) in [7, 11) is 0. The molecule has 0 fully saturated rings. The highest BCUT2D eigenvalue weighted by Gasteiger charge is 2.00. The molecule has 5 nitrogen and oxygen atoms in total. The van der Waals surface area contributed by atoms with Gasteiger partial charge in [-0.25, -0.2) is 9.42 Å². The van der Waals surface area contributed by atoms with E-state index in [0.29, 0.717) is 5.69 Å². The van der Waals surface area contributed by atoms with Gasteiger partial charge in [-0.15, -0.1) is 0 Å². The summed E-state index contributed by atoms with van der Waals surface area (Å²) < 4.78 is 8.56. The van der Waals surface area contributed by atoms with E-state index < -0.39 is 5.43 Å². The normalized spacial score (nSPS) is 9.30. The number of hydrogen-bond donors (Lipinski definition) is 0. The van der Waals surface area contributed by atoms with Gasteiger partial charge in [-0.2, -0.15) is 0 Å². The molecule has 1 heterocycles. The fourth-order valence-corrected chi connectivity index (χ4v) is 0.433. The Balaban J connectivity index is 2.35. The lowest BCUT2D eigenvalue weighted by Gasteiger charge is -1.91. The minimum absolute atomic E-state index is 0.00810. The van der Waals surface area contributed by atoms with Gasteiger partial charge in [-0.05, 0) is 0 Å². The maximum atomic E-state index is 10.0. The highest BCUT2D eigenvalue weighted by Crippen LogP contribution is 1.96. The van der Waals surface area contributed by atoms with Crippen LogP contribution >= 0.6 is 11.6 Å². The van der Waals surface area contributed by atoms with Gasteiger partial charge in [0.05, 0.1) is 6.20 Å². The van der Waals surface area contributed by atoms with Gasteiger partial charge in [0, 0.05) is 11.6 Å². The van der Waals surface area contributed by atoms with E-state index in [0.717, 1.165) is 0 Å². The quantitative estimate of drug-likeness (QED) is 0.606. The van der Waals surface area contributed by atoms with Crippen LogP contribution in [0.5, 0.6) is 0 Å². The Labute approximate surface area is 60.9 Å². The van der Waals surface area contributed by atoms with E-state index in [9.17, 15) is 4.79 Å². The van der Waals surface area contributed by atoms with Gasteiger partial charge in [0.25, 0.3) is 0 Å². The zero-order valence-electron chi connectivity index (χ0n) is 4.78. The number of carbonyl (C=O) groups excluding carboxylic acids is 1. The SMILES string of the molecule is O=C(Cl)OCc1cnon1. The predicted molar refractivity (Wildman–Crippen MR) is 30.3 cm³/mol. The number of ether oxygens (including phenoxy) is 1. The van der Waals surface area contributed by atoms with Crippen molar-refractivity contribution in [3.63, 3.8) is 0 Å². The molecule has 1 rings (SSSR count). The molecule has 6 heteroatoms. The first-order chi connectivity index (χ1) is 4.79. The summed E-state index contributed by atoms with van der Waals surface area (Å²) in [5.74, 6) is 0. The molecule has 0 atom stereocenters. The summed E-state index contributed by atoms with van der Waals surface area (Å²) in [6, 6.07) is 0. The van der Waals surface area contributed by atoms with Crippen LogP contribution in [0.1, 0.15) is 5.69 Å². The molecule has 0 aliphatic carbocycles. The minimum atomic E-state index is -0.872. The summed E-state index contributed by atoms with van der Waals surface area (Å²) in [6.45, 7) is -0.00810. The molecular weight excluding hydrogens is 160 g/mol. The van der Waals surface area contributed by atoms with E-state index in [1.54, 1.807) is 0 Å². The Morgan fingerprint density at radius 2 is 2.70 bits per heavy atom. The molecule has 0 unspecified atom stereocenters. The average molecular weight is 163 g/mol. The van der Waals surface area contributed by atoms with Crippen LogP contribution in [0.2, 0.25) is 0 Å². The average Bonchev–Trinajstić information content (AvgIpc) is 2.34. The summed E-state index contributed by atoms with van der Waals surface area (Å²) in [5.41, 5.74) is -0.447. The van der Waals surface area contributed by atoms with Crippen LogP contribution < -0.4 is 0 Å². The zero-order valence-corrected chi connectivity index (χ0v) is 5.54. The molecule has 0 aliphatic heterocycles. The highest BCUT2D eigenvalue weighted by molar-refractivity contribution is 6.61. The lowest BCUT2D eigenvalue weighted by atomic mass is 10.5. The Hall–Kier alpha value is -1.10. The van der Waals surface area contributed by atoms with Crippen molar-refractivity contribution in [1.82, 2.24) is 10.3 Å². The molecule has 0 amide bonds. The monoisotopic (exact) mass is 162 g/mol. The van der Waals surface area contributed by atoms with Gasteiger partial charge in [0.1, 0.15) is 12.3 Å². The lowest BCUT2D eigenvalue weighted by molar-refractivity contribution is 0.163. The summed E-state index contributed by atoms with van der Waals surface area (Å²) in [5, 5.41) is 6.65. The second-order valence-electron chi connectivity index (χ2n) is 1.43. The van der Waals surface area contributed by atoms with Crippen molar-refractivity contribution in [2.24, 2.45) is 0 Å². The van der Waals surface area contributed by atoms with Crippen LogP contribution in [0.3, 0.4) is 0 Å². The first kappa shape index (κ1) is 7.01. The van der Waals surface area contributed by atoms with Crippen molar-refractivity contribution < 1.29 is 14.2 Å². The third-order valence-electron chi connectivity index (χ3n) is 0.740. The molecular formula is C4H3ClN2O3. The number of rotatable bonds is 2. The molecule has 10 heavy (non-hydrogen) atoms. The van der Waals surface area contributed by atoms with Crippen LogP contribution in [-0.4, -0.2) is 15.7 Å². The molecule has 0 spiro atoms. The smallest absolute Gasteiger partial charge is 0.404 e. The maximum absolute atomic E-state index is 10.0. The number of halogens is 1. The molecule has 54 valence electrons. The van der Waals surface area contributed by atoms with Gasteiger partial charge >= 0.3 is 5.43 Å². The third kappa shape index (κ3) is 2.02. The van der Waals surface area contributed by atoms with Gasteiger partial charge < -0.3 is 4.74 Å². The van der Waals surface area contributed by atoms with E-state index in [1.807, 2.05) is 0 Å². The minimum Gasteiger partial charge on any atom is -0.447 e. The van der Waals surface area contributed by atoms with E-state index in [4.69, 9.17) is 11.6 Å². The topological polar surface area (TPSA) is 65.2 Å². The Kier molecular flexibility index (Phi) is 2.22. The van der Waals surface area contributed by atoms with E-state index >= 15 is 0 Å². The number of nitrogens with zero attached hydrogens (tertiary/aromatic N) is 2. The third-order valence-corrected chi connectivity index (χ3v) is 0.850. The van der Waals surface area contributed by atoms with Crippen molar-refractivity contribution in [2.45, 2.75) is 6.61 Å². The molecule has 0 aromatic carbocycles. The number of aromatic nitrogens is 2. The molecule has 0 saturated carbocycles. The van der Waals surface area contributed by atoms with Crippen LogP contribution in [0, 0.1) is 0 Å². The van der Waals surface area contributed by atoms with Crippen molar-refractivity contribution in [3.8, 4) is 0 Å². The summed E-state index contributed by atoms with van der Waals surface area (Å²) >= 11 is 4.85. The van der Waals surface area contributed by atoms with Crippen LogP contribution in [0.15, 0.2) is 10.8 Å². The van der Waals surface area contributed by atoms with Gasteiger partial charge in [-0.1, -0.05) is 10.3 Å². The Morgan fingerprint density at radius 1 is 1.90 bits per heavy atom. The van der Waals surface area contributed by atoms with Gasteiger partial charge in [-0.3, -0.25) is 0 Å². The fraction of sp³-hybridized carbons (Fsp3) is 0.250. The van der Waals surface area contributed by atoms with Crippen molar-refractivity contribution in [3.05, 3.63) is 11.9 Å². The standard InChI is InChI=1S/C4H3ClN2O3/c5-4(8)9-2-3-1-6-10-7-3/h1H,2H2. The fourth-order valence-electron chi connectivity index (χ4n) is 0.378. The second kappa shape index (κ2) is 3.17. The van der Waals surface area contributed by atoms with Crippen molar-refractivity contribution >= 4 is 17.0 Å². The number of carbonyl (C=O) groups is 1. The van der Waals surface area contributed by atoms with Crippen LogP contribution in [-0.2, 0) is 11.3 Å². The first-order valence-electron chi connectivity index (χ1n) is 2.38.